The summed E-state index contributed by atoms with van der Waals surface area (Å²) in [6.45, 7) is 3.32. The molecule has 0 spiro atoms. The molecule has 2 aromatic heterocycles. The first-order valence-electron chi connectivity index (χ1n) is 10.6. The van der Waals surface area contributed by atoms with Crippen molar-refractivity contribution in [1.82, 2.24) is 30.3 Å². The van der Waals surface area contributed by atoms with Gasteiger partial charge in [-0.15, -0.1) is 0 Å². The second kappa shape index (κ2) is 7.67. The number of hydrogen-bond donors (Lipinski definition) is 3. The van der Waals surface area contributed by atoms with Crippen LogP contribution < -0.4 is 5.32 Å². The average molecular weight is 396 g/mol. The van der Waals surface area contributed by atoms with Crippen molar-refractivity contribution in [3.05, 3.63) is 42.0 Å². The van der Waals surface area contributed by atoms with Crippen molar-refractivity contribution in [2.24, 2.45) is 11.8 Å². The maximum Gasteiger partial charge on any atom is 0.267 e. The number of H-pyrrole nitrogens is 2. The SMILES string of the molecule is O=C(NC[C@H]1[C@H]2C[C@H](CN(Cc3ccn[nH]3)C2)[C@@H]2CCCC(=O)N21)c1ccc[nH]1. The van der Waals surface area contributed by atoms with E-state index in [9.17, 15) is 9.59 Å². The summed E-state index contributed by atoms with van der Waals surface area (Å²) < 4.78 is 0. The highest BCUT2D eigenvalue weighted by molar-refractivity contribution is 5.92. The van der Waals surface area contributed by atoms with Crippen LogP contribution in [0, 0.1) is 11.8 Å². The first-order valence-corrected chi connectivity index (χ1v) is 10.6. The number of hydrogen-bond acceptors (Lipinski definition) is 4. The van der Waals surface area contributed by atoms with Crippen LogP contribution in [0.5, 0.6) is 0 Å². The lowest BCUT2D eigenvalue weighted by atomic mass is 9.72. The second-order valence-corrected chi connectivity index (χ2v) is 8.65. The van der Waals surface area contributed by atoms with Crippen LogP contribution in [-0.2, 0) is 11.3 Å². The number of carbonyl (C=O) groups excluding carboxylic acids is 2. The predicted molar refractivity (Wildman–Crippen MR) is 107 cm³/mol. The van der Waals surface area contributed by atoms with Crippen molar-refractivity contribution >= 4 is 11.8 Å². The highest BCUT2D eigenvalue weighted by Crippen LogP contribution is 2.41. The monoisotopic (exact) mass is 396 g/mol. The van der Waals surface area contributed by atoms with Crippen LogP contribution in [0.15, 0.2) is 30.6 Å². The number of aromatic amines is 2. The molecule has 3 aliphatic rings. The van der Waals surface area contributed by atoms with Crippen LogP contribution in [0.4, 0.5) is 0 Å². The number of piperidine rings is 3. The molecule has 0 aliphatic carbocycles. The van der Waals surface area contributed by atoms with E-state index in [0.29, 0.717) is 36.5 Å². The molecule has 8 heteroatoms. The Balaban J connectivity index is 1.34. The minimum Gasteiger partial charge on any atom is -0.357 e. The molecular weight excluding hydrogens is 368 g/mol. The molecule has 29 heavy (non-hydrogen) atoms. The van der Waals surface area contributed by atoms with Crippen LogP contribution in [-0.4, -0.2) is 68.5 Å². The fourth-order valence-electron chi connectivity index (χ4n) is 5.64. The van der Waals surface area contributed by atoms with E-state index < -0.39 is 0 Å². The summed E-state index contributed by atoms with van der Waals surface area (Å²) in [6, 6.07) is 5.97. The number of aromatic nitrogens is 3. The number of nitrogens with one attached hydrogen (secondary N) is 3. The van der Waals surface area contributed by atoms with Crippen molar-refractivity contribution in [3.8, 4) is 0 Å². The van der Waals surface area contributed by atoms with Crippen LogP contribution in [0.1, 0.15) is 41.9 Å². The topological polar surface area (TPSA) is 97.1 Å². The molecule has 3 fully saturated rings. The van der Waals surface area contributed by atoms with Gasteiger partial charge >= 0.3 is 0 Å². The maximum atomic E-state index is 12.9. The molecule has 3 N–H and O–H groups in total. The molecule has 4 atom stereocenters. The van der Waals surface area contributed by atoms with Crippen LogP contribution in [0.3, 0.4) is 0 Å². The summed E-state index contributed by atoms with van der Waals surface area (Å²) in [6.07, 6.45) is 7.36. The molecule has 3 aliphatic heterocycles. The van der Waals surface area contributed by atoms with Gasteiger partial charge in [0.1, 0.15) is 5.69 Å². The summed E-state index contributed by atoms with van der Waals surface area (Å²) >= 11 is 0. The Labute approximate surface area is 170 Å². The van der Waals surface area contributed by atoms with Gasteiger partial charge in [-0.25, -0.2) is 0 Å². The average Bonchev–Trinajstić information content (AvgIpc) is 3.42. The molecule has 0 radical (unpaired) electrons. The smallest absolute Gasteiger partial charge is 0.267 e. The summed E-state index contributed by atoms with van der Waals surface area (Å²) in [4.78, 5) is 32.9. The van der Waals surface area contributed by atoms with Gasteiger partial charge in [-0.3, -0.25) is 19.6 Å². The maximum absolute atomic E-state index is 12.9. The van der Waals surface area contributed by atoms with E-state index in [0.717, 1.165) is 44.6 Å². The van der Waals surface area contributed by atoms with Gasteiger partial charge in [-0.2, -0.15) is 5.10 Å². The highest BCUT2D eigenvalue weighted by atomic mass is 16.2. The quantitative estimate of drug-likeness (QED) is 0.711. The number of carbonyl (C=O) groups is 2. The first kappa shape index (κ1) is 18.4. The largest absolute Gasteiger partial charge is 0.357 e. The van der Waals surface area contributed by atoms with Gasteiger partial charge < -0.3 is 15.2 Å². The van der Waals surface area contributed by atoms with Gasteiger partial charge in [0.15, 0.2) is 0 Å². The highest BCUT2D eigenvalue weighted by Gasteiger charge is 2.49. The summed E-state index contributed by atoms with van der Waals surface area (Å²) in [5.74, 6) is 1.04. The summed E-state index contributed by atoms with van der Waals surface area (Å²) in [7, 11) is 0. The van der Waals surface area contributed by atoms with Gasteiger partial charge in [-0.05, 0) is 49.3 Å². The standard InChI is InChI=1S/C21H28N6O2/c28-20-5-1-4-18-14-9-15(12-26(11-14)13-16-6-8-24-25-16)19(27(18)20)10-23-21(29)17-3-2-7-22-17/h2-3,6-8,14-15,18-19,22H,1,4-5,9-13H2,(H,23,29)(H,24,25)/t14-,15+,18+,19+/m1/s1. The van der Waals surface area contributed by atoms with E-state index in [1.54, 1.807) is 18.5 Å². The fourth-order valence-corrected chi connectivity index (χ4v) is 5.64. The predicted octanol–water partition coefficient (Wildman–Crippen LogP) is 1.37. The van der Waals surface area contributed by atoms with Gasteiger partial charge in [-0.1, -0.05) is 0 Å². The minimum atomic E-state index is -0.108. The zero-order valence-electron chi connectivity index (χ0n) is 16.5. The molecule has 5 heterocycles. The van der Waals surface area contributed by atoms with Crippen molar-refractivity contribution in [1.29, 1.82) is 0 Å². The Hall–Kier alpha value is -2.61. The molecule has 0 saturated carbocycles. The van der Waals surface area contributed by atoms with Crippen molar-refractivity contribution in [2.45, 2.75) is 44.3 Å². The lowest BCUT2D eigenvalue weighted by Crippen LogP contribution is -2.67. The Bertz CT molecular complexity index is 849. The molecule has 3 saturated heterocycles. The fraction of sp³-hybridized carbons (Fsp3) is 0.571. The molecule has 0 aromatic carbocycles. The number of nitrogens with zero attached hydrogens (tertiary/aromatic N) is 3. The van der Waals surface area contributed by atoms with Crippen LogP contribution in [0.25, 0.3) is 0 Å². The Morgan fingerprint density at radius 1 is 1.28 bits per heavy atom. The lowest BCUT2D eigenvalue weighted by Gasteiger charge is -2.56. The van der Waals surface area contributed by atoms with Crippen LogP contribution in [0.2, 0.25) is 0 Å². The third kappa shape index (κ3) is 3.57. The molecule has 2 aromatic rings. The van der Waals surface area contributed by atoms with E-state index in [1.807, 2.05) is 12.1 Å². The third-order valence-electron chi connectivity index (χ3n) is 6.84. The van der Waals surface area contributed by atoms with Gasteiger partial charge in [0.25, 0.3) is 5.91 Å². The normalized spacial score (nSPS) is 29.5. The first-order chi connectivity index (χ1) is 14.2. The Morgan fingerprint density at radius 3 is 2.97 bits per heavy atom. The Kier molecular flexibility index (Phi) is 4.87. The van der Waals surface area contributed by atoms with E-state index in [2.05, 4.69) is 30.3 Å². The third-order valence-corrected chi connectivity index (χ3v) is 6.84. The number of likely N-dealkylation sites (tertiary alicyclic amines) is 1. The molecule has 8 nitrogen and oxygen atoms in total. The zero-order chi connectivity index (χ0) is 19.8. The van der Waals surface area contributed by atoms with Crippen molar-refractivity contribution < 1.29 is 9.59 Å². The van der Waals surface area contributed by atoms with Crippen molar-refractivity contribution in [3.63, 3.8) is 0 Å². The van der Waals surface area contributed by atoms with E-state index >= 15 is 0 Å². The molecule has 154 valence electrons. The second-order valence-electron chi connectivity index (χ2n) is 8.65. The van der Waals surface area contributed by atoms with Gasteiger partial charge in [0, 0.05) is 56.7 Å². The van der Waals surface area contributed by atoms with Gasteiger partial charge in [0.2, 0.25) is 5.91 Å². The lowest BCUT2D eigenvalue weighted by molar-refractivity contribution is -0.152. The number of fused-ring (bicyclic) bond motifs is 4. The van der Waals surface area contributed by atoms with E-state index in [4.69, 9.17) is 0 Å². The van der Waals surface area contributed by atoms with E-state index in [1.165, 1.54) is 0 Å². The Morgan fingerprint density at radius 2 is 2.17 bits per heavy atom. The van der Waals surface area contributed by atoms with Crippen LogP contribution >= 0.6 is 0 Å². The zero-order valence-corrected chi connectivity index (χ0v) is 16.5. The number of rotatable bonds is 5. The minimum absolute atomic E-state index is 0.0625. The van der Waals surface area contributed by atoms with E-state index in [-0.39, 0.29) is 17.9 Å². The van der Waals surface area contributed by atoms with Crippen molar-refractivity contribution in [2.75, 3.05) is 19.6 Å². The summed E-state index contributed by atoms with van der Waals surface area (Å²) in [5, 5.41) is 10.2. The molecule has 2 amide bonds. The van der Waals surface area contributed by atoms with Gasteiger partial charge in [0.05, 0.1) is 6.04 Å². The number of amides is 2. The molecule has 0 unspecified atom stereocenters. The molecule has 2 bridgehead atoms. The molecular formula is C21H28N6O2. The molecule has 5 rings (SSSR count). The summed E-state index contributed by atoms with van der Waals surface area (Å²) in [5.41, 5.74) is 1.68.